The van der Waals surface area contributed by atoms with Crippen molar-refractivity contribution in [1.82, 2.24) is 9.80 Å². The number of fused-ring (bicyclic) bond motifs is 2. The SMILES string of the molecule is CCNc1cc2oc3cc(=[NH+]CC)c(C)cc-3c(-c3ccccc3C(=O)N3CCN(CCO)CC3)c2cc1C. The van der Waals surface area contributed by atoms with Crippen LogP contribution in [0.5, 0.6) is 0 Å². The predicted molar refractivity (Wildman–Crippen MR) is 156 cm³/mol. The molecule has 7 heteroatoms. The third-order valence-electron chi connectivity index (χ3n) is 7.65. The Balaban J connectivity index is 1.72. The molecular formula is C32H39N4O3+. The first-order valence-electron chi connectivity index (χ1n) is 14.0. The molecule has 0 bridgehead atoms. The van der Waals surface area contributed by atoms with Gasteiger partial charge in [-0.25, -0.2) is 4.99 Å². The van der Waals surface area contributed by atoms with E-state index in [0.29, 0.717) is 25.2 Å². The third kappa shape index (κ3) is 5.29. The second kappa shape index (κ2) is 11.6. The first kappa shape index (κ1) is 26.9. The van der Waals surface area contributed by atoms with Crippen LogP contribution in [-0.2, 0) is 0 Å². The summed E-state index contributed by atoms with van der Waals surface area (Å²) in [6, 6.07) is 16.5. The number of β-amino-alcohol motifs (C(OH)–C–C–N with tert-alkyl or cyclic N) is 1. The van der Waals surface area contributed by atoms with E-state index in [1.807, 2.05) is 23.1 Å². The molecule has 2 aromatic carbocycles. The Morgan fingerprint density at radius 1 is 1.00 bits per heavy atom. The van der Waals surface area contributed by atoms with Gasteiger partial charge in [0.15, 0.2) is 0 Å². The molecule has 0 spiro atoms. The van der Waals surface area contributed by atoms with Crippen LogP contribution in [0.3, 0.4) is 0 Å². The highest BCUT2D eigenvalue weighted by Crippen LogP contribution is 2.43. The smallest absolute Gasteiger partial charge is 0.254 e. The maximum atomic E-state index is 14.0. The van der Waals surface area contributed by atoms with Gasteiger partial charge in [0, 0.05) is 78.7 Å². The van der Waals surface area contributed by atoms with E-state index in [-0.39, 0.29) is 12.5 Å². The number of amides is 1. The summed E-state index contributed by atoms with van der Waals surface area (Å²) in [4.78, 5) is 21.5. The van der Waals surface area contributed by atoms with E-state index >= 15 is 0 Å². The Morgan fingerprint density at radius 3 is 2.49 bits per heavy atom. The molecule has 5 rings (SSSR count). The zero-order valence-corrected chi connectivity index (χ0v) is 23.4. The van der Waals surface area contributed by atoms with Gasteiger partial charge in [-0.05, 0) is 57.0 Å². The molecule has 0 radical (unpaired) electrons. The fourth-order valence-electron chi connectivity index (χ4n) is 5.63. The van der Waals surface area contributed by atoms with E-state index in [0.717, 1.165) is 81.8 Å². The second-order valence-electron chi connectivity index (χ2n) is 10.3. The first-order chi connectivity index (χ1) is 18.9. The van der Waals surface area contributed by atoms with E-state index in [1.54, 1.807) is 0 Å². The summed E-state index contributed by atoms with van der Waals surface area (Å²) in [6.07, 6.45) is 0. The van der Waals surface area contributed by atoms with Crippen LogP contribution in [0, 0.1) is 13.8 Å². The Bertz CT molecular complexity index is 1530. The Morgan fingerprint density at radius 2 is 1.77 bits per heavy atom. The summed E-state index contributed by atoms with van der Waals surface area (Å²) >= 11 is 0. The van der Waals surface area contributed by atoms with Crippen molar-refractivity contribution in [2.45, 2.75) is 27.7 Å². The minimum absolute atomic E-state index is 0.0401. The molecule has 0 aromatic heterocycles. The largest absolute Gasteiger partial charge is 0.456 e. The zero-order chi connectivity index (χ0) is 27.5. The van der Waals surface area contributed by atoms with E-state index in [9.17, 15) is 9.90 Å². The monoisotopic (exact) mass is 527 g/mol. The molecule has 1 saturated heterocycles. The molecule has 0 unspecified atom stereocenters. The number of nitrogens with zero attached hydrogens (tertiary/aromatic N) is 2. The lowest BCUT2D eigenvalue weighted by Crippen LogP contribution is -2.76. The van der Waals surface area contributed by atoms with Gasteiger partial charge in [-0.1, -0.05) is 18.2 Å². The zero-order valence-electron chi connectivity index (χ0n) is 23.4. The van der Waals surface area contributed by atoms with Gasteiger partial charge in [-0.15, -0.1) is 0 Å². The molecule has 2 heterocycles. The number of aliphatic hydroxyl groups excluding tert-OH is 1. The summed E-state index contributed by atoms with van der Waals surface area (Å²) in [5.74, 6) is 0.823. The van der Waals surface area contributed by atoms with Gasteiger partial charge < -0.3 is 19.7 Å². The van der Waals surface area contributed by atoms with Crippen LogP contribution in [0.2, 0.25) is 0 Å². The van der Waals surface area contributed by atoms with Crippen LogP contribution in [-0.4, -0.2) is 73.2 Å². The molecule has 2 aliphatic heterocycles. The maximum absolute atomic E-state index is 14.0. The molecule has 3 aliphatic rings. The van der Waals surface area contributed by atoms with Crippen molar-refractivity contribution in [3.8, 4) is 22.5 Å². The van der Waals surface area contributed by atoms with Crippen molar-refractivity contribution in [3.05, 3.63) is 70.6 Å². The lowest BCUT2D eigenvalue weighted by Gasteiger charge is -2.34. The topological polar surface area (TPSA) is 82.9 Å². The van der Waals surface area contributed by atoms with Crippen LogP contribution >= 0.6 is 0 Å². The predicted octanol–water partition coefficient (Wildman–Crippen LogP) is 3.00. The van der Waals surface area contributed by atoms with E-state index in [2.05, 4.69) is 73.2 Å². The van der Waals surface area contributed by atoms with Gasteiger partial charge in [0.05, 0.1) is 12.7 Å². The molecule has 0 atom stereocenters. The third-order valence-corrected chi connectivity index (χ3v) is 7.65. The first-order valence-corrected chi connectivity index (χ1v) is 14.0. The lowest BCUT2D eigenvalue weighted by molar-refractivity contribution is -0.496. The van der Waals surface area contributed by atoms with E-state index in [4.69, 9.17) is 4.42 Å². The molecular weight excluding hydrogens is 488 g/mol. The van der Waals surface area contributed by atoms with Crippen LogP contribution in [0.4, 0.5) is 5.69 Å². The molecule has 1 fully saturated rings. The highest BCUT2D eigenvalue weighted by Gasteiger charge is 2.27. The van der Waals surface area contributed by atoms with Crippen molar-refractivity contribution in [1.29, 1.82) is 0 Å². The van der Waals surface area contributed by atoms with Gasteiger partial charge in [0.25, 0.3) is 5.91 Å². The van der Waals surface area contributed by atoms with Crippen molar-refractivity contribution in [3.63, 3.8) is 0 Å². The van der Waals surface area contributed by atoms with Crippen molar-refractivity contribution in [2.24, 2.45) is 0 Å². The number of nitrogens with one attached hydrogen (secondary N) is 2. The van der Waals surface area contributed by atoms with Crippen LogP contribution in [0.25, 0.3) is 33.4 Å². The number of anilines is 1. The number of hydrogen-bond acceptors (Lipinski definition) is 5. The average Bonchev–Trinajstić information content (AvgIpc) is 2.94. The maximum Gasteiger partial charge on any atom is 0.254 e. The van der Waals surface area contributed by atoms with E-state index in [1.165, 1.54) is 0 Å². The highest BCUT2D eigenvalue weighted by molar-refractivity contribution is 6.09. The molecule has 0 saturated carbocycles. The number of piperazine rings is 1. The molecule has 7 nitrogen and oxygen atoms in total. The minimum atomic E-state index is 0.0401. The van der Waals surface area contributed by atoms with Crippen molar-refractivity contribution < 1.29 is 19.3 Å². The number of carbonyl (C=O) groups is 1. The fraction of sp³-hybridized carbons (Fsp3) is 0.375. The fourth-order valence-corrected chi connectivity index (χ4v) is 5.63. The van der Waals surface area contributed by atoms with Gasteiger partial charge in [0.2, 0.25) is 5.36 Å². The van der Waals surface area contributed by atoms with Gasteiger partial charge in [-0.2, -0.15) is 0 Å². The highest BCUT2D eigenvalue weighted by atomic mass is 16.3. The van der Waals surface area contributed by atoms with Gasteiger partial charge >= 0.3 is 0 Å². The van der Waals surface area contributed by atoms with Gasteiger partial charge in [0.1, 0.15) is 17.9 Å². The average molecular weight is 528 g/mol. The number of benzene rings is 3. The number of carbonyl (C=O) groups excluding carboxylic acids is 1. The number of aliphatic hydroxyl groups is 1. The quantitative estimate of drug-likeness (QED) is 0.322. The summed E-state index contributed by atoms with van der Waals surface area (Å²) in [5.41, 5.74) is 7.71. The van der Waals surface area contributed by atoms with E-state index < -0.39 is 0 Å². The van der Waals surface area contributed by atoms with Crippen LogP contribution in [0.15, 0.2) is 52.9 Å². The standard InChI is InChI=1S/C32H38N4O3/c1-5-33-27-19-29-25(17-21(27)3)31(26-18-22(4)28(34-6-2)20-30(26)39-29)23-9-7-8-10-24(23)32(38)36-13-11-35(12-14-36)15-16-37/h7-10,17-20,33,37H,5-6,11-16H2,1-4H3/p+1. The lowest BCUT2D eigenvalue weighted by atomic mass is 9.89. The summed E-state index contributed by atoms with van der Waals surface area (Å²) in [5, 5.41) is 14.8. The Hall–Kier alpha value is -3.68. The normalized spacial score (nSPS) is 14.9. The molecule has 2 aromatic rings. The number of aryl methyl sites for hydroxylation is 2. The van der Waals surface area contributed by atoms with Crippen molar-refractivity contribution in [2.75, 3.05) is 57.7 Å². The second-order valence-corrected chi connectivity index (χ2v) is 10.3. The minimum Gasteiger partial charge on any atom is -0.456 e. The summed E-state index contributed by atoms with van der Waals surface area (Å²) in [6.45, 7) is 13.6. The Labute approximate surface area is 230 Å². The summed E-state index contributed by atoms with van der Waals surface area (Å²) in [7, 11) is 0. The number of rotatable bonds is 7. The molecule has 1 amide bonds. The summed E-state index contributed by atoms with van der Waals surface area (Å²) < 4.78 is 6.54. The van der Waals surface area contributed by atoms with Crippen LogP contribution < -0.4 is 15.7 Å². The van der Waals surface area contributed by atoms with Gasteiger partial charge in [-0.3, -0.25) is 9.69 Å². The molecule has 204 valence electrons. The van der Waals surface area contributed by atoms with Crippen molar-refractivity contribution >= 4 is 22.6 Å². The number of hydrogen-bond donors (Lipinski definition) is 3. The molecule has 39 heavy (non-hydrogen) atoms. The van der Waals surface area contributed by atoms with Crippen LogP contribution in [0.1, 0.15) is 35.3 Å². The molecule has 3 N–H and O–H groups in total. The molecule has 1 aliphatic carbocycles. The Kier molecular flexibility index (Phi) is 8.00.